The summed E-state index contributed by atoms with van der Waals surface area (Å²) < 4.78 is 28.4. The number of aryl methyl sites for hydroxylation is 2. The Morgan fingerprint density at radius 3 is 2.29 bits per heavy atom. The molecule has 5 nitrogen and oxygen atoms in total. The number of nitrogens with one attached hydrogen (secondary N) is 1. The smallest absolute Gasteiger partial charge is 0.387 e. The maximum atomic E-state index is 12.1. The minimum absolute atomic E-state index is 0.0383. The third-order valence-corrected chi connectivity index (χ3v) is 4.16. The Morgan fingerprint density at radius 2 is 1.75 bits per heavy atom. The summed E-state index contributed by atoms with van der Waals surface area (Å²) in [6, 6.07) is 5.73. The highest BCUT2D eigenvalue weighted by Gasteiger charge is 2.09. The zero-order chi connectivity index (χ0) is 17.7. The second-order valence-corrected chi connectivity index (χ2v) is 5.98. The van der Waals surface area contributed by atoms with Gasteiger partial charge in [-0.2, -0.15) is 8.78 Å². The summed E-state index contributed by atoms with van der Waals surface area (Å²) in [5.41, 5.74) is 3.31. The van der Waals surface area contributed by atoms with E-state index in [2.05, 4.69) is 20.0 Å². The number of nitrogens with zero attached hydrogens (tertiary/aromatic N) is 2. The fraction of sp³-hybridized carbons (Fsp3) is 0.312. The Morgan fingerprint density at radius 1 is 1.17 bits per heavy atom. The van der Waals surface area contributed by atoms with Crippen LogP contribution in [0.3, 0.4) is 0 Å². The van der Waals surface area contributed by atoms with E-state index in [4.69, 9.17) is 0 Å². The number of hydrogen-bond acceptors (Lipinski definition) is 5. The number of hydrogen-bond donors (Lipinski definition) is 1. The fourth-order valence-electron chi connectivity index (χ4n) is 1.85. The van der Waals surface area contributed by atoms with E-state index >= 15 is 0 Å². The van der Waals surface area contributed by atoms with Gasteiger partial charge in [0.05, 0.1) is 5.75 Å². The number of amides is 1. The molecule has 0 aliphatic heterocycles. The summed E-state index contributed by atoms with van der Waals surface area (Å²) in [5, 5.41) is 3.22. The van der Waals surface area contributed by atoms with Crippen LogP contribution in [0.25, 0.3) is 0 Å². The molecule has 24 heavy (non-hydrogen) atoms. The monoisotopic (exact) mass is 353 g/mol. The van der Waals surface area contributed by atoms with Crippen LogP contribution in [-0.2, 0) is 4.79 Å². The van der Waals surface area contributed by atoms with Crippen molar-refractivity contribution >= 4 is 23.4 Å². The lowest BCUT2D eigenvalue weighted by molar-refractivity contribution is -0.113. The molecule has 1 N–H and O–H groups in total. The first-order valence-corrected chi connectivity index (χ1v) is 8.13. The number of ether oxygens (including phenoxy) is 1. The van der Waals surface area contributed by atoms with Crippen molar-refractivity contribution < 1.29 is 18.3 Å². The Hall–Kier alpha value is -2.22. The van der Waals surface area contributed by atoms with Gasteiger partial charge < -0.3 is 10.1 Å². The number of anilines is 1. The van der Waals surface area contributed by atoms with E-state index in [-0.39, 0.29) is 17.4 Å². The summed E-state index contributed by atoms with van der Waals surface area (Å²) in [6.45, 7) is 2.88. The molecule has 1 amide bonds. The van der Waals surface area contributed by atoms with Gasteiger partial charge in [-0.1, -0.05) is 11.8 Å². The molecular weight excluding hydrogens is 336 g/mol. The average Bonchev–Trinajstić information content (AvgIpc) is 2.52. The lowest BCUT2D eigenvalue weighted by Crippen LogP contribution is -2.14. The second-order valence-electron chi connectivity index (χ2n) is 5.04. The number of alkyl halides is 2. The van der Waals surface area contributed by atoms with E-state index in [9.17, 15) is 13.6 Å². The van der Waals surface area contributed by atoms with Crippen LogP contribution in [0.5, 0.6) is 5.75 Å². The number of thioether (sulfide) groups is 1. The van der Waals surface area contributed by atoms with Crippen LogP contribution < -0.4 is 10.1 Å². The van der Waals surface area contributed by atoms with Crippen LogP contribution in [-0.4, -0.2) is 28.2 Å². The molecule has 2 rings (SSSR count). The quantitative estimate of drug-likeness (QED) is 0.633. The predicted molar refractivity (Wildman–Crippen MR) is 88.7 cm³/mol. The molecule has 0 bridgehead atoms. The highest BCUT2D eigenvalue weighted by molar-refractivity contribution is 7.99. The van der Waals surface area contributed by atoms with E-state index in [1.165, 1.54) is 36.0 Å². The summed E-state index contributed by atoms with van der Waals surface area (Å²) in [5.74, 6) is -0.0459. The molecule has 0 atom stereocenters. The Bertz CT molecular complexity index is 701. The molecule has 0 saturated heterocycles. The molecule has 1 heterocycles. The van der Waals surface area contributed by atoms with Gasteiger partial charge in [-0.3, -0.25) is 4.79 Å². The van der Waals surface area contributed by atoms with Crippen LogP contribution in [0.4, 0.5) is 14.5 Å². The summed E-state index contributed by atoms with van der Waals surface area (Å²) in [4.78, 5) is 20.6. The number of halogens is 2. The third-order valence-electron chi connectivity index (χ3n) is 3.31. The lowest BCUT2D eigenvalue weighted by atomic mass is 10.2. The Balaban J connectivity index is 1.89. The molecule has 2 aromatic rings. The van der Waals surface area contributed by atoms with E-state index in [0.29, 0.717) is 10.8 Å². The highest BCUT2D eigenvalue weighted by Crippen LogP contribution is 2.19. The minimum Gasteiger partial charge on any atom is -0.435 e. The number of carbonyl (C=O) groups excluding carboxylic acids is 1. The van der Waals surface area contributed by atoms with Gasteiger partial charge in [0.15, 0.2) is 5.16 Å². The molecule has 0 radical (unpaired) electrons. The Kier molecular flexibility index (Phi) is 6.08. The number of carbonyl (C=O) groups is 1. The molecular formula is C16H17F2N3O2S. The van der Waals surface area contributed by atoms with E-state index in [1.807, 2.05) is 20.8 Å². The van der Waals surface area contributed by atoms with Gasteiger partial charge in [-0.05, 0) is 50.6 Å². The van der Waals surface area contributed by atoms with E-state index < -0.39 is 6.61 Å². The van der Waals surface area contributed by atoms with Gasteiger partial charge in [-0.25, -0.2) is 9.97 Å². The van der Waals surface area contributed by atoms with Crippen molar-refractivity contribution in [3.05, 3.63) is 41.2 Å². The van der Waals surface area contributed by atoms with Crippen molar-refractivity contribution in [3.8, 4) is 5.75 Å². The standard InChI is InChI=1S/C16H17F2N3O2S/c1-9-10(2)19-16(20-11(9)3)24-8-14(22)21-12-4-6-13(7-5-12)23-15(17)18/h4-7,15H,8H2,1-3H3,(H,21,22). The summed E-state index contributed by atoms with van der Waals surface area (Å²) in [6.07, 6.45) is 0. The first-order valence-electron chi connectivity index (χ1n) is 7.14. The maximum absolute atomic E-state index is 12.1. The zero-order valence-electron chi connectivity index (χ0n) is 13.5. The van der Waals surface area contributed by atoms with Crippen LogP contribution in [0, 0.1) is 20.8 Å². The molecule has 0 unspecified atom stereocenters. The van der Waals surface area contributed by atoms with Gasteiger partial charge in [0.2, 0.25) is 5.91 Å². The average molecular weight is 353 g/mol. The first-order chi connectivity index (χ1) is 11.3. The molecule has 1 aromatic carbocycles. The van der Waals surface area contributed by atoms with Gasteiger partial charge >= 0.3 is 6.61 Å². The van der Waals surface area contributed by atoms with Crippen molar-refractivity contribution in [1.29, 1.82) is 0 Å². The molecule has 0 aliphatic rings. The predicted octanol–water partition coefficient (Wildman–Crippen LogP) is 3.73. The van der Waals surface area contributed by atoms with Gasteiger partial charge in [-0.15, -0.1) is 0 Å². The van der Waals surface area contributed by atoms with Gasteiger partial charge in [0, 0.05) is 17.1 Å². The maximum Gasteiger partial charge on any atom is 0.387 e. The van der Waals surface area contributed by atoms with E-state index in [0.717, 1.165) is 17.0 Å². The number of aromatic nitrogens is 2. The molecule has 0 aliphatic carbocycles. The second kappa shape index (κ2) is 8.05. The zero-order valence-corrected chi connectivity index (χ0v) is 14.3. The lowest BCUT2D eigenvalue weighted by Gasteiger charge is -2.08. The van der Waals surface area contributed by atoms with Gasteiger partial charge in [0.25, 0.3) is 0 Å². The number of benzene rings is 1. The SMILES string of the molecule is Cc1nc(SCC(=O)Nc2ccc(OC(F)F)cc2)nc(C)c1C. The van der Waals surface area contributed by atoms with Crippen molar-refractivity contribution in [2.75, 3.05) is 11.1 Å². The fourth-order valence-corrected chi connectivity index (χ4v) is 2.59. The molecule has 0 fully saturated rings. The topological polar surface area (TPSA) is 64.1 Å². The molecule has 1 aromatic heterocycles. The molecule has 0 spiro atoms. The van der Waals surface area contributed by atoms with E-state index in [1.54, 1.807) is 0 Å². The van der Waals surface area contributed by atoms with Crippen LogP contribution in [0.15, 0.2) is 29.4 Å². The van der Waals surface area contributed by atoms with Crippen molar-refractivity contribution in [2.45, 2.75) is 32.5 Å². The summed E-state index contributed by atoms with van der Waals surface area (Å²) >= 11 is 1.24. The molecule has 128 valence electrons. The summed E-state index contributed by atoms with van der Waals surface area (Å²) in [7, 11) is 0. The van der Waals surface area contributed by atoms with Crippen LogP contribution in [0.1, 0.15) is 17.0 Å². The molecule has 0 saturated carbocycles. The highest BCUT2D eigenvalue weighted by atomic mass is 32.2. The normalized spacial score (nSPS) is 10.8. The van der Waals surface area contributed by atoms with Crippen molar-refractivity contribution in [3.63, 3.8) is 0 Å². The largest absolute Gasteiger partial charge is 0.435 e. The first kappa shape index (κ1) is 18.1. The minimum atomic E-state index is -2.87. The number of rotatable bonds is 6. The molecule has 8 heteroatoms. The third kappa shape index (κ3) is 5.16. The van der Waals surface area contributed by atoms with Gasteiger partial charge in [0.1, 0.15) is 5.75 Å². The Labute approximate surface area is 142 Å². The van der Waals surface area contributed by atoms with Crippen LogP contribution >= 0.6 is 11.8 Å². The van der Waals surface area contributed by atoms with Crippen molar-refractivity contribution in [1.82, 2.24) is 9.97 Å². The van der Waals surface area contributed by atoms with Crippen molar-refractivity contribution in [2.24, 2.45) is 0 Å². The van der Waals surface area contributed by atoms with Crippen LogP contribution in [0.2, 0.25) is 0 Å².